The number of ether oxygens (including phenoxy) is 1. The van der Waals surface area contributed by atoms with Gasteiger partial charge in [0.15, 0.2) is 0 Å². The largest absolute Gasteiger partial charge is 0.491 e. The highest BCUT2D eigenvalue weighted by Gasteiger charge is 2.20. The first-order valence-electron chi connectivity index (χ1n) is 7.92. The topological polar surface area (TPSA) is 58.6 Å². The lowest BCUT2D eigenvalue weighted by Crippen LogP contribution is -2.25. The first-order chi connectivity index (χ1) is 11.5. The second kappa shape index (κ2) is 6.74. The van der Waals surface area contributed by atoms with Crippen molar-refractivity contribution in [3.8, 4) is 5.75 Å². The molecule has 1 N–H and O–H groups in total. The van der Waals surface area contributed by atoms with Gasteiger partial charge in [0.05, 0.1) is 25.1 Å². The fourth-order valence-electron chi connectivity index (χ4n) is 2.74. The van der Waals surface area contributed by atoms with Crippen LogP contribution in [0.15, 0.2) is 42.5 Å². The predicted molar refractivity (Wildman–Crippen MR) is 93.5 cm³/mol. The van der Waals surface area contributed by atoms with Crippen molar-refractivity contribution in [3.63, 3.8) is 0 Å². The molecule has 0 saturated carbocycles. The van der Waals surface area contributed by atoms with E-state index in [1.165, 1.54) is 0 Å². The first kappa shape index (κ1) is 16.1. The summed E-state index contributed by atoms with van der Waals surface area (Å²) in [7, 11) is 1.72. The first-order valence-corrected chi connectivity index (χ1v) is 7.92. The summed E-state index contributed by atoms with van der Waals surface area (Å²) in [6, 6.07) is 13.2. The zero-order valence-corrected chi connectivity index (χ0v) is 13.8. The molecule has 3 rings (SSSR count). The second-order valence-corrected chi connectivity index (χ2v) is 5.95. The second-order valence-electron chi connectivity index (χ2n) is 5.95. The Labute approximate surface area is 141 Å². The van der Waals surface area contributed by atoms with Crippen LogP contribution < -0.4 is 15.0 Å². The number of rotatable bonds is 3. The van der Waals surface area contributed by atoms with E-state index in [-0.39, 0.29) is 11.8 Å². The molecule has 24 heavy (non-hydrogen) atoms. The summed E-state index contributed by atoms with van der Waals surface area (Å²) in [6.07, 6.45) is 0.657. The third-order valence-corrected chi connectivity index (χ3v) is 4.00. The fourth-order valence-corrected chi connectivity index (χ4v) is 2.74. The number of anilines is 2. The number of aryl methyl sites for hydroxylation is 1. The predicted octanol–water partition coefficient (Wildman–Crippen LogP) is 2.92. The molecule has 0 bridgehead atoms. The lowest BCUT2D eigenvalue weighted by atomic mass is 10.1. The molecular formula is C19H20N2O3. The van der Waals surface area contributed by atoms with Crippen molar-refractivity contribution in [2.24, 2.45) is 0 Å². The molecule has 5 nitrogen and oxygen atoms in total. The molecule has 2 aromatic rings. The zero-order chi connectivity index (χ0) is 17.1. The summed E-state index contributed by atoms with van der Waals surface area (Å²) in [5.41, 5.74) is 3.42. The van der Waals surface area contributed by atoms with Gasteiger partial charge in [-0.2, -0.15) is 0 Å². The van der Waals surface area contributed by atoms with Crippen LogP contribution in [-0.2, 0) is 16.0 Å². The van der Waals surface area contributed by atoms with Gasteiger partial charge in [-0.05, 0) is 30.7 Å². The molecule has 0 spiro atoms. The Morgan fingerprint density at radius 2 is 2.08 bits per heavy atom. The number of amides is 2. The highest BCUT2D eigenvalue weighted by molar-refractivity contribution is 5.97. The molecule has 1 aliphatic heterocycles. The van der Waals surface area contributed by atoms with Crippen LogP contribution >= 0.6 is 0 Å². The molecule has 5 heteroatoms. The van der Waals surface area contributed by atoms with Crippen molar-refractivity contribution < 1.29 is 14.3 Å². The minimum Gasteiger partial charge on any atom is -0.491 e. The van der Waals surface area contributed by atoms with Gasteiger partial charge in [0, 0.05) is 12.7 Å². The molecule has 1 heterocycles. The summed E-state index contributed by atoms with van der Waals surface area (Å²) in [5.74, 6) is 0.557. The van der Waals surface area contributed by atoms with E-state index in [0.29, 0.717) is 36.6 Å². The Bertz CT molecular complexity index is 786. The van der Waals surface area contributed by atoms with Gasteiger partial charge < -0.3 is 15.0 Å². The van der Waals surface area contributed by atoms with Gasteiger partial charge in [-0.15, -0.1) is 0 Å². The summed E-state index contributed by atoms with van der Waals surface area (Å²) < 4.78 is 5.58. The Hall–Kier alpha value is -2.82. The summed E-state index contributed by atoms with van der Waals surface area (Å²) >= 11 is 0. The standard InChI is InChI=1S/C19H20N2O3/c1-13-4-3-5-14(10-13)11-18(22)20-15-6-7-17-16(12-15)21(2)19(23)8-9-24-17/h3-7,10,12H,8-9,11H2,1-2H3,(H,20,22). The molecule has 1 aliphatic rings. The number of fused-ring (bicyclic) bond motifs is 1. The van der Waals surface area contributed by atoms with E-state index in [2.05, 4.69) is 5.32 Å². The Morgan fingerprint density at radius 3 is 2.88 bits per heavy atom. The SMILES string of the molecule is Cc1cccc(CC(=O)Nc2ccc3c(c2)N(C)C(=O)CCO3)c1. The molecular weight excluding hydrogens is 304 g/mol. The van der Waals surface area contributed by atoms with Gasteiger partial charge in [-0.3, -0.25) is 9.59 Å². The van der Waals surface area contributed by atoms with Crippen LogP contribution in [0.1, 0.15) is 17.5 Å². The van der Waals surface area contributed by atoms with E-state index in [4.69, 9.17) is 4.74 Å². The van der Waals surface area contributed by atoms with Gasteiger partial charge in [0.25, 0.3) is 0 Å². The minimum absolute atomic E-state index is 0.00279. The van der Waals surface area contributed by atoms with E-state index in [0.717, 1.165) is 11.1 Å². The average molecular weight is 324 g/mol. The Morgan fingerprint density at radius 1 is 1.25 bits per heavy atom. The summed E-state index contributed by atoms with van der Waals surface area (Å²) in [6.45, 7) is 2.37. The van der Waals surface area contributed by atoms with Crippen molar-refractivity contribution in [3.05, 3.63) is 53.6 Å². The molecule has 124 valence electrons. The molecule has 0 fully saturated rings. The summed E-state index contributed by atoms with van der Waals surface area (Å²) in [4.78, 5) is 25.8. The summed E-state index contributed by atoms with van der Waals surface area (Å²) in [5, 5.41) is 2.88. The average Bonchev–Trinajstić information content (AvgIpc) is 2.67. The van der Waals surface area contributed by atoms with Gasteiger partial charge in [0.1, 0.15) is 5.75 Å². The van der Waals surface area contributed by atoms with Crippen LogP contribution in [0, 0.1) is 6.92 Å². The number of carbonyl (C=O) groups is 2. The quantitative estimate of drug-likeness (QED) is 0.944. The third-order valence-electron chi connectivity index (χ3n) is 4.00. The fraction of sp³-hybridized carbons (Fsp3) is 0.263. The number of benzene rings is 2. The van der Waals surface area contributed by atoms with Crippen molar-refractivity contribution in [1.29, 1.82) is 0 Å². The monoisotopic (exact) mass is 324 g/mol. The molecule has 2 amide bonds. The van der Waals surface area contributed by atoms with Crippen molar-refractivity contribution in [2.75, 3.05) is 23.9 Å². The minimum atomic E-state index is -0.0935. The number of hydrogen-bond acceptors (Lipinski definition) is 3. The molecule has 0 unspecified atom stereocenters. The molecule has 0 aromatic heterocycles. The highest BCUT2D eigenvalue weighted by Crippen LogP contribution is 2.33. The molecule has 0 radical (unpaired) electrons. The molecule has 0 atom stereocenters. The van der Waals surface area contributed by atoms with Crippen molar-refractivity contribution in [1.82, 2.24) is 0 Å². The van der Waals surface area contributed by atoms with Crippen molar-refractivity contribution >= 4 is 23.2 Å². The van der Waals surface area contributed by atoms with E-state index in [9.17, 15) is 9.59 Å². The van der Waals surface area contributed by atoms with E-state index >= 15 is 0 Å². The number of hydrogen-bond donors (Lipinski definition) is 1. The van der Waals surface area contributed by atoms with E-state index in [1.54, 1.807) is 30.1 Å². The third kappa shape index (κ3) is 3.56. The number of nitrogens with one attached hydrogen (secondary N) is 1. The van der Waals surface area contributed by atoms with Gasteiger partial charge >= 0.3 is 0 Å². The maximum atomic E-state index is 12.3. The zero-order valence-electron chi connectivity index (χ0n) is 13.8. The lowest BCUT2D eigenvalue weighted by Gasteiger charge is -2.17. The normalized spacial score (nSPS) is 13.8. The molecule has 2 aromatic carbocycles. The van der Waals surface area contributed by atoms with Crippen LogP contribution in [0.5, 0.6) is 5.75 Å². The van der Waals surface area contributed by atoms with Crippen LogP contribution in [0.25, 0.3) is 0 Å². The highest BCUT2D eigenvalue weighted by atomic mass is 16.5. The van der Waals surface area contributed by atoms with Crippen LogP contribution in [0.2, 0.25) is 0 Å². The Kier molecular flexibility index (Phi) is 4.51. The van der Waals surface area contributed by atoms with Gasteiger partial charge in [0.2, 0.25) is 11.8 Å². The van der Waals surface area contributed by atoms with Crippen LogP contribution in [0.3, 0.4) is 0 Å². The lowest BCUT2D eigenvalue weighted by molar-refractivity contribution is -0.118. The van der Waals surface area contributed by atoms with Gasteiger partial charge in [-0.25, -0.2) is 0 Å². The number of carbonyl (C=O) groups excluding carboxylic acids is 2. The van der Waals surface area contributed by atoms with Gasteiger partial charge in [-0.1, -0.05) is 29.8 Å². The van der Waals surface area contributed by atoms with E-state index in [1.807, 2.05) is 31.2 Å². The maximum Gasteiger partial charge on any atom is 0.230 e. The van der Waals surface area contributed by atoms with E-state index < -0.39 is 0 Å². The van der Waals surface area contributed by atoms with Crippen LogP contribution in [0.4, 0.5) is 11.4 Å². The number of nitrogens with zero attached hydrogens (tertiary/aromatic N) is 1. The maximum absolute atomic E-state index is 12.3. The molecule has 0 saturated heterocycles. The Balaban J connectivity index is 1.75. The smallest absolute Gasteiger partial charge is 0.230 e. The van der Waals surface area contributed by atoms with Crippen LogP contribution in [-0.4, -0.2) is 25.5 Å². The van der Waals surface area contributed by atoms with Crippen molar-refractivity contribution in [2.45, 2.75) is 19.8 Å². The molecule has 0 aliphatic carbocycles.